The van der Waals surface area contributed by atoms with Crippen LogP contribution in [0, 0.1) is 0 Å². The maximum Gasteiger partial charge on any atom is 0.407 e. The topological polar surface area (TPSA) is 50.4 Å². The lowest BCUT2D eigenvalue weighted by Crippen LogP contribution is -2.30. The summed E-state index contributed by atoms with van der Waals surface area (Å²) in [4.78, 5) is 12.1. The minimum Gasteiger partial charge on any atom is -0.444 e. The maximum atomic E-state index is 11.1. The molecule has 4 nitrogen and oxygen atoms in total. The van der Waals surface area contributed by atoms with Gasteiger partial charge >= 0.3 is 6.09 Å². The first-order valence-corrected chi connectivity index (χ1v) is 5.28. The van der Waals surface area contributed by atoms with Crippen molar-refractivity contribution in [3.8, 4) is 0 Å². The number of thiophene rings is 1. The third-order valence-electron chi connectivity index (χ3n) is 1.57. The number of carbonyl (C=O) groups is 1. The van der Waals surface area contributed by atoms with Gasteiger partial charge in [-0.3, -0.25) is 0 Å². The van der Waals surface area contributed by atoms with Crippen molar-refractivity contribution in [3.05, 3.63) is 22.4 Å². The largest absolute Gasteiger partial charge is 0.444 e. The highest BCUT2D eigenvalue weighted by molar-refractivity contribution is 7.09. The van der Waals surface area contributed by atoms with Crippen LogP contribution in [0.2, 0.25) is 0 Å². The summed E-state index contributed by atoms with van der Waals surface area (Å²) >= 11 is 1.58. The van der Waals surface area contributed by atoms with E-state index in [0.717, 1.165) is 11.4 Å². The molecule has 0 aromatic carbocycles. The second kappa shape index (κ2) is 6.39. The standard InChI is InChI=1S/C9H14N2O2S/c1-10-4-5-11-9(12)13-7-8-3-2-6-14-8/h2-3,6,10H,4-5,7H2,1H3,(H,11,12). The van der Waals surface area contributed by atoms with Crippen LogP contribution in [-0.4, -0.2) is 26.2 Å². The number of amides is 1. The van der Waals surface area contributed by atoms with Gasteiger partial charge in [0.15, 0.2) is 0 Å². The first-order valence-electron chi connectivity index (χ1n) is 4.40. The number of likely N-dealkylation sites (N-methyl/N-ethyl adjacent to an activating group) is 1. The molecule has 14 heavy (non-hydrogen) atoms. The Balaban J connectivity index is 2.09. The summed E-state index contributed by atoms with van der Waals surface area (Å²) in [7, 11) is 1.83. The molecule has 1 amide bonds. The summed E-state index contributed by atoms with van der Waals surface area (Å²) in [5.41, 5.74) is 0. The Morgan fingerprint density at radius 3 is 3.07 bits per heavy atom. The molecule has 0 saturated heterocycles. The number of hydrogen-bond donors (Lipinski definition) is 2. The zero-order valence-corrected chi connectivity index (χ0v) is 8.89. The van der Waals surface area contributed by atoms with Crippen molar-refractivity contribution in [1.29, 1.82) is 0 Å². The van der Waals surface area contributed by atoms with Gasteiger partial charge in [0.05, 0.1) is 0 Å². The molecule has 0 unspecified atom stereocenters. The number of carbonyl (C=O) groups excluding carboxylic acids is 1. The van der Waals surface area contributed by atoms with Gasteiger partial charge in [-0.25, -0.2) is 4.79 Å². The van der Waals surface area contributed by atoms with E-state index in [1.54, 1.807) is 11.3 Å². The van der Waals surface area contributed by atoms with Gasteiger partial charge in [-0.2, -0.15) is 0 Å². The van der Waals surface area contributed by atoms with Crippen LogP contribution < -0.4 is 10.6 Å². The normalized spacial score (nSPS) is 9.79. The van der Waals surface area contributed by atoms with Gasteiger partial charge in [-0.05, 0) is 18.5 Å². The van der Waals surface area contributed by atoms with Crippen molar-refractivity contribution < 1.29 is 9.53 Å². The van der Waals surface area contributed by atoms with Gasteiger partial charge < -0.3 is 15.4 Å². The van der Waals surface area contributed by atoms with Crippen molar-refractivity contribution >= 4 is 17.4 Å². The molecule has 5 heteroatoms. The molecule has 0 aliphatic heterocycles. The number of rotatable bonds is 5. The highest BCUT2D eigenvalue weighted by atomic mass is 32.1. The molecule has 0 aliphatic carbocycles. The highest BCUT2D eigenvalue weighted by Crippen LogP contribution is 2.09. The summed E-state index contributed by atoms with van der Waals surface area (Å²) in [5, 5.41) is 7.51. The number of alkyl carbamates (subject to hydrolysis) is 1. The molecule has 1 aromatic rings. The third kappa shape index (κ3) is 4.25. The molecule has 0 atom stereocenters. The van der Waals surface area contributed by atoms with E-state index >= 15 is 0 Å². The van der Waals surface area contributed by atoms with E-state index in [0.29, 0.717) is 13.2 Å². The Hall–Kier alpha value is -1.07. The van der Waals surface area contributed by atoms with Gasteiger partial charge in [0.25, 0.3) is 0 Å². The average molecular weight is 214 g/mol. The quantitative estimate of drug-likeness (QED) is 0.724. The summed E-state index contributed by atoms with van der Waals surface area (Å²) in [6, 6.07) is 3.87. The predicted molar refractivity (Wildman–Crippen MR) is 56.4 cm³/mol. The van der Waals surface area contributed by atoms with E-state index in [4.69, 9.17) is 4.74 Å². The second-order valence-electron chi connectivity index (χ2n) is 2.69. The molecule has 0 fully saturated rings. The van der Waals surface area contributed by atoms with Crippen LogP contribution in [-0.2, 0) is 11.3 Å². The van der Waals surface area contributed by atoms with E-state index in [2.05, 4.69) is 10.6 Å². The molecule has 0 saturated carbocycles. The van der Waals surface area contributed by atoms with Gasteiger partial charge in [-0.1, -0.05) is 6.07 Å². The van der Waals surface area contributed by atoms with E-state index in [-0.39, 0.29) is 6.09 Å². The van der Waals surface area contributed by atoms with E-state index < -0.39 is 0 Å². The minimum atomic E-state index is -0.367. The van der Waals surface area contributed by atoms with Crippen LogP contribution >= 0.6 is 11.3 Å². The molecule has 1 heterocycles. The lowest BCUT2D eigenvalue weighted by molar-refractivity contribution is 0.141. The van der Waals surface area contributed by atoms with Crippen LogP contribution in [0.1, 0.15) is 4.88 Å². The van der Waals surface area contributed by atoms with E-state index in [1.165, 1.54) is 0 Å². The Morgan fingerprint density at radius 2 is 2.43 bits per heavy atom. The number of nitrogens with one attached hydrogen (secondary N) is 2. The smallest absolute Gasteiger partial charge is 0.407 e. The summed E-state index contributed by atoms with van der Waals surface area (Å²) in [6.07, 6.45) is -0.367. The van der Waals surface area contributed by atoms with Crippen molar-refractivity contribution in [2.75, 3.05) is 20.1 Å². The van der Waals surface area contributed by atoms with Crippen molar-refractivity contribution in [1.82, 2.24) is 10.6 Å². The zero-order valence-electron chi connectivity index (χ0n) is 8.08. The van der Waals surface area contributed by atoms with Crippen LogP contribution in [0.25, 0.3) is 0 Å². The van der Waals surface area contributed by atoms with E-state index in [9.17, 15) is 4.79 Å². The fourth-order valence-electron chi connectivity index (χ4n) is 0.872. The van der Waals surface area contributed by atoms with Gasteiger partial charge in [-0.15, -0.1) is 11.3 Å². The third-order valence-corrected chi connectivity index (χ3v) is 2.42. The summed E-state index contributed by atoms with van der Waals surface area (Å²) < 4.78 is 4.97. The van der Waals surface area contributed by atoms with Crippen molar-refractivity contribution in [2.45, 2.75) is 6.61 Å². The monoisotopic (exact) mass is 214 g/mol. The molecule has 1 rings (SSSR count). The Bertz CT molecular complexity index is 262. The van der Waals surface area contributed by atoms with Crippen LogP contribution in [0.15, 0.2) is 17.5 Å². The Morgan fingerprint density at radius 1 is 1.57 bits per heavy atom. The zero-order chi connectivity index (χ0) is 10.2. The predicted octanol–water partition coefficient (Wildman–Crippen LogP) is 1.19. The molecular formula is C9H14N2O2S. The Kier molecular flexibility index (Phi) is 5.03. The molecular weight excluding hydrogens is 200 g/mol. The Labute approximate surface area is 87.3 Å². The fourth-order valence-corrected chi connectivity index (χ4v) is 1.49. The fraction of sp³-hybridized carbons (Fsp3) is 0.444. The maximum absolute atomic E-state index is 11.1. The van der Waals surface area contributed by atoms with Gasteiger partial charge in [0.1, 0.15) is 6.61 Å². The molecule has 0 radical (unpaired) electrons. The van der Waals surface area contributed by atoms with Crippen LogP contribution in [0.5, 0.6) is 0 Å². The molecule has 1 aromatic heterocycles. The molecule has 0 spiro atoms. The second-order valence-corrected chi connectivity index (χ2v) is 3.72. The lowest BCUT2D eigenvalue weighted by Gasteiger charge is -2.05. The van der Waals surface area contributed by atoms with Crippen molar-refractivity contribution in [3.63, 3.8) is 0 Å². The highest BCUT2D eigenvalue weighted by Gasteiger charge is 2.01. The first kappa shape index (κ1) is 11.0. The molecule has 2 N–H and O–H groups in total. The van der Waals surface area contributed by atoms with E-state index in [1.807, 2.05) is 24.6 Å². The summed E-state index contributed by atoms with van der Waals surface area (Å²) in [6.45, 7) is 1.68. The van der Waals surface area contributed by atoms with Gasteiger partial charge in [0.2, 0.25) is 0 Å². The number of hydrogen-bond acceptors (Lipinski definition) is 4. The SMILES string of the molecule is CNCCNC(=O)OCc1cccs1. The van der Waals surface area contributed by atoms with Gasteiger partial charge in [0, 0.05) is 18.0 Å². The van der Waals surface area contributed by atoms with Crippen LogP contribution in [0.4, 0.5) is 4.79 Å². The lowest BCUT2D eigenvalue weighted by atomic mass is 10.5. The molecule has 0 bridgehead atoms. The molecule has 78 valence electrons. The summed E-state index contributed by atoms with van der Waals surface area (Å²) in [5.74, 6) is 0. The number of ether oxygens (including phenoxy) is 1. The van der Waals surface area contributed by atoms with Crippen molar-refractivity contribution in [2.24, 2.45) is 0 Å². The first-order chi connectivity index (χ1) is 6.83. The van der Waals surface area contributed by atoms with Crippen LogP contribution in [0.3, 0.4) is 0 Å². The minimum absolute atomic E-state index is 0.350. The molecule has 0 aliphatic rings. The average Bonchev–Trinajstić information content (AvgIpc) is 2.68.